The lowest BCUT2D eigenvalue weighted by Gasteiger charge is -2.26. The van der Waals surface area contributed by atoms with Crippen LogP contribution in [0.3, 0.4) is 0 Å². The summed E-state index contributed by atoms with van der Waals surface area (Å²) < 4.78 is 25.5. The number of carbonyl (C=O) groups is 1. The van der Waals surface area contributed by atoms with E-state index >= 15 is 0 Å². The van der Waals surface area contributed by atoms with Crippen LogP contribution < -0.4 is 0 Å². The van der Waals surface area contributed by atoms with E-state index in [4.69, 9.17) is 4.84 Å². The van der Waals surface area contributed by atoms with Crippen LogP contribution in [-0.4, -0.2) is 44.4 Å². The summed E-state index contributed by atoms with van der Waals surface area (Å²) in [6, 6.07) is 20.4. The number of likely N-dealkylation sites (tertiary alicyclic amines) is 1. The number of nitrogens with zero attached hydrogens (tertiary/aromatic N) is 2. The zero-order valence-corrected chi connectivity index (χ0v) is 17.8. The fourth-order valence-corrected chi connectivity index (χ4v) is 5.03. The molecule has 1 unspecified atom stereocenters. The van der Waals surface area contributed by atoms with Crippen LogP contribution in [0.5, 0.6) is 0 Å². The van der Waals surface area contributed by atoms with Gasteiger partial charge in [0.05, 0.1) is 18.0 Å². The van der Waals surface area contributed by atoms with Crippen molar-refractivity contribution >= 4 is 26.7 Å². The van der Waals surface area contributed by atoms with Gasteiger partial charge in [-0.1, -0.05) is 46.9 Å². The van der Waals surface area contributed by atoms with Crippen molar-refractivity contribution in [3.63, 3.8) is 0 Å². The molecule has 0 aliphatic carbocycles. The Morgan fingerprint density at radius 1 is 1.03 bits per heavy atom. The minimum atomic E-state index is -3.74. The lowest BCUT2D eigenvalue weighted by Crippen LogP contribution is -2.31. The van der Waals surface area contributed by atoms with E-state index in [9.17, 15) is 13.2 Å². The summed E-state index contributed by atoms with van der Waals surface area (Å²) in [7, 11) is -1.13. The summed E-state index contributed by atoms with van der Waals surface area (Å²) in [6.45, 7) is 0.680. The van der Waals surface area contributed by atoms with Crippen molar-refractivity contribution in [2.24, 2.45) is 0 Å². The molecule has 3 aromatic rings. The molecule has 1 atom stereocenters. The van der Waals surface area contributed by atoms with Gasteiger partial charge < -0.3 is 4.90 Å². The van der Waals surface area contributed by atoms with Crippen LogP contribution in [-0.2, 0) is 14.9 Å². The van der Waals surface area contributed by atoms with Crippen molar-refractivity contribution in [2.45, 2.75) is 23.8 Å². The topological polar surface area (TPSA) is 66.9 Å². The molecule has 1 aliphatic heterocycles. The Morgan fingerprint density at radius 2 is 1.73 bits per heavy atom. The lowest BCUT2D eigenvalue weighted by atomic mass is 9.97. The fourth-order valence-electron chi connectivity index (χ4n) is 4.06. The van der Waals surface area contributed by atoms with Gasteiger partial charge in [-0.3, -0.25) is 9.63 Å². The molecule has 7 heteroatoms. The number of rotatable bonds is 5. The van der Waals surface area contributed by atoms with Crippen molar-refractivity contribution in [3.05, 3.63) is 77.9 Å². The first kappa shape index (κ1) is 20.5. The Kier molecular flexibility index (Phi) is 5.60. The second-order valence-corrected chi connectivity index (χ2v) is 9.28. The molecule has 1 fully saturated rings. The quantitative estimate of drug-likeness (QED) is 0.581. The minimum Gasteiger partial charge on any atom is -0.332 e. The fraction of sp³-hybridized carbons (Fsp3) is 0.261. The molecule has 1 saturated heterocycles. The Bertz CT molecular complexity index is 1170. The molecule has 156 valence electrons. The van der Waals surface area contributed by atoms with Gasteiger partial charge in [0.15, 0.2) is 0 Å². The smallest absolute Gasteiger partial charge is 0.264 e. The third-order valence-corrected chi connectivity index (χ3v) is 7.38. The highest BCUT2D eigenvalue weighted by molar-refractivity contribution is 7.89. The molecule has 1 heterocycles. The van der Waals surface area contributed by atoms with Crippen LogP contribution in [0.25, 0.3) is 10.8 Å². The number of fused-ring (bicyclic) bond motifs is 1. The van der Waals surface area contributed by atoms with Gasteiger partial charge in [0, 0.05) is 19.2 Å². The molecule has 30 heavy (non-hydrogen) atoms. The Balaban J connectivity index is 1.63. The first-order valence-corrected chi connectivity index (χ1v) is 11.3. The van der Waals surface area contributed by atoms with Gasteiger partial charge in [0.1, 0.15) is 0 Å². The van der Waals surface area contributed by atoms with E-state index in [0.29, 0.717) is 12.1 Å². The predicted molar refractivity (Wildman–Crippen MR) is 115 cm³/mol. The minimum absolute atomic E-state index is 0.00614. The maximum absolute atomic E-state index is 13.3. The van der Waals surface area contributed by atoms with Crippen LogP contribution in [0.4, 0.5) is 0 Å². The highest BCUT2D eigenvalue weighted by Crippen LogP contribution is 2.36. The van der Waals surface area contributed by atoms with Crippen molar-refractivity contribution in [1.82, 2.24) is 9.37 Å². The largest absolute Gasteiger partial charge is 0.332 e. The molecule has 0 saturated carbocycles. The molecule has 1 amide bonds. The van der Waals surface area contributed by atoms with Crippen molar-refractivity contribution in [3.8, 4) is 0 Å². The van der Waals surface area contributed by atoms with E-state index in [1.807, 2.05) is 23.1 Å². The van der Waals surface area contributed by atoms with E-state index in [2.05, 4.69) is 24.3 Å². The zero-order valence-electron chi connectivity index (χ0n) is 17.0. The highest BCUT2D eigenvalue weighted by Gasteiger charge is 2.31. The van der Waals surface area contributed by atoms with E-state index < -0.39 is 10.0 Å². The van der Waals surface area contributed by atoms with Crippen LogP contribution in [0.2, 0.25) is 0 Å². The van der Waals surface area contributed by atoms with Gasteiger partial charge in [-0.15, -0.1) is 0 Å². The third kappa shape index (κ3) is 3.60. The second-order valence-electron chi connectivity index (χ2n) is 7.35. The number of amides is 1. The number of carbonyl (C=O) groups excluding carboxylic acids is 1. The molecule has 0 spiro atoms. The van der Waals surface area contributed by atoms with Gasteiger partial charge >= 0.3 is 0 Å². The Labute approximate surface area is 176 Å². The number of hydrogen-bond acceptors (Lipinski definition) is 4. The maximum Gasteiger partial charge on any atom is 0.264 e. The SMILES string of the molecule is CON(C)S(=O)(=O)c1ccc(C(=O)N2CCCC2c2cccc3ccccc23)cc1. The van der Waals surface area contributed by atoms with Gasteiger partial charge in [-0.05, 0) is 53.4 Å². The molecule has 4 rings (SSSR count). The van der Waals surface area contributed by atoms with E-state index in [1.165, 1.54) is 26.3 Å². The normalized spacial score (nSPS) is 17.0. The maximum atomic E-state index is 13.3. The summed E-state index contributed by atoms with van der Waals surface area (Å²) in [5.74, 6) is -0.0884. The molecular weight excluding hydrogens is 400 g/mol. The molecule has 0 aromatic heterocycles. The molecule has 0 radical (unpaired) electrons. The molecule has 6 nitrogen and oxygen atoms in total. The first-order chi connectivity index (χ1) is 14.4. The first-order valence-electron chi connectivity index (χ1n) is 9.85. The molecule has 0 bridgehead atoms. The van der Waals surface area contributed by atoms with Crippen molar-refractivity contribution in [2.75, 3.05) is 20.7 Å². The predicted octanol–water partition coefficient (Wildman–Crippen LogP) is 4.00. The summed E-state index contributed by atoms with van der Waals surface area (Å²) in [5, 5.41) is 2.32. The van der Waals surface area contributed by atoms with E-state index in [0.717, 1.165) is 33.6 Å². The molecule has 0 N–H and O–H groups in total. The van der Waals surface area contributed by atoms with Gasteiger partial charge in [-0.2, -0.15) is 0 Å². The standard InChI is InChI=1S/C23H24N2O4S/c1-24(29-2)30(27,28)19-14-12-18(13-15-19)23(26)25-16-6-11-22(25)21-10-5-8-17-7-3-4-9-20(17)21/h3-5,7-10,12-15,22H,6,11,16H2,1-2H3. The monoisotopic (exact) mass is 424 g/mol. The van der Waals surface area contributed by atoms with Crippen LogP contribution in [0, 0.1) is 0 Å². The second kappa shape index (κ2) is 8.18. The third-order valence-electron chi connectivity index (χ3n) is 5.69. The van der Waals surface area contributed by atoms with Crippen LogP contribution in [0.1, 0.15) is 34.8 Å². The molecular formula is C23H24N2O4S. The van der Waals surface area contributed by atoms with Gasteiger partial charge in [-0.25, -0.2) is 8.42 Å². The number of hydroxylamine groups is 1. The average Bonchev–Trinajstić information content (AvgIpc) is 3.27. The lowest BCUT2D eigenvalue weighted by molar-refractivity contribution is -0.0258. The highest BCUT2D eigenvalue weighted by atomic mass is 32.2. The number of hydrogen-bond donors (Lipinski definition) is 0. The van der Waals surface area contributed by atoms with Crippen LogP contribution >= 0.6 is 0 Å². The summed E-state index contributed by atoms with van der Waals surface area (Å²) in [5.41, 5.74) is 1.63. The molecule has 1 aliphatic rings. The Hall–Kier alpha value is -2.74. The van der Waals surface area contributed by atoms with Gasteiger partial charge in [0.25, 0.3) is 15.9 Å². The van der Waals surface area contributed by atoms with Gasteiger partial charge in [0.2, 0.25) is 0 Å². The summed E-state index contributed by atoms with van der Waals surface area (Å²) in [4.78, 5) is 20.0. The van der Waals surface area contributed by atoms with Crippen molar-refractivity contribution < 1.29 is 18.0 Å². The zero-order chi connectivity index (χ0) is 21.3. The average molecular weight is 425 g/mol. The molecule has 3 aromatic carbocycles. The van der Waals surface area contributed by atoms with E-state index in [1.54, 1.807) is 12.1 Å². The number of benzene rings is 3. The van der Waals surface area contributed by atoms with Crippen LogP contribution in [0.15, 0.2) is 71.6 Å². The summed E-state index contributed by atoms with van der Waals surface area (Å²) >= 11 is 0. The Morgan fingerprint density at radius 3 is 2.47 bits per heavy atom. The summed E-state index contributed by atoms with van der Waals surface area (Å²) in [6.07, 6.45) is 1.84. The van der Waals surface area contributed by atoms with E-state index in [-0.39, 0.29) is 16.8 Å². The van der Waals surface area contributed by atoms with Crippen molar-refractivity contribution in [1.29, 1.82) is 0 Å². The number of sulfonamides is 1.